The second kappa shape index (κ2) is 13.3. The first-order valence-electron chi connectivity index (χ1n) is 20.4. The molecule has 1 amide bonds. The topological polar surface area (TPSA) is 130 Å². The Morgan fingerprint density at radius 1 is 0.904 bits per heavy atom. The molecule has 0 unspecified atom stereocenters. The summed E-state index contributed by atoms with van der Waals surface area (Å²) in [5.41, 5.74) is -0.860. The number of esters is 1. The number of carboxylic acid groups (broad SMARTS) is 1. The van der Waals surface area contributed by atoms with Crippen LogP contribution in [-0.4, -0.2) is 71.7 Å². The molecule has 0 spiro atoms. The number of nitrogens with one attached hydrogen (secondary N) is 1. The number of hydrogen-bond acceptors (Lipinski definition) is 7. The van der Waals surface area contributed by atoms with Crippen LogP contribution in [0.5, 0.6) is 0 Å². The summed E-state index contributed by atoms with van der Waals surface area (Å²) in [5, 5.41) is 12.6. The Bertz CT molecular complexity index is 1540. The fourth-order valence-electron chi connectivity index (χ4n) is 13.3. The van der Waals surface area contributed by atoms with E-state index >= 15 is 0 Å². The third-order valence-corrected chi connectivity index (χ3v) is 16.4. The van der Waals surface area contributed by atoms with Gasteiger partial charge >= 0.3 is 11.9 Å². The molecule has 0 aromatic rings. The summed E-state index contributed by atoms with van der Waals surface area (Å²) >= 11 is 0. The second-order valence-electron chi connectivity index (χ2n) is 20.1. The molecular formula is C43H66N2O7. The highest BCUT2D eigenvalue weighted by atomic mass is 16.5. The molecule has 1 saturated heterocycles. The number of nitrogens with zero attached hydrogens (tertiary/aromatic N) is 1. The minimum absolute atomic E-state index is 0.00800. The number of rotatable bonds is 10. The zero-order valence-corrected chi connectivity index (χ0v) is 33.5. The summed E-state index contributed by atoms with van der Waals surface area (Å²) in [7, 11) is 0. The maximum Gasteiger partial charge on any atom is 0.309 e. The molecule has 6 rings (SSSR count). The molecule has 9 nitrogen and oxygen atoms in total. The maximum absolute atomic E-state index is 14.4. The number of aliphatic carboxylic acids is 1. The predicted molar refractivity (Wildman–Crippen MR) is 199 cm³/mol. The quantitative estimate of drug-likeness (QED) is 0.180. The van der Waals surface area contributed by atoms with E-state index in [4.69, 9.17) is 4.74 Å². The standard InChI is InChI=1S/C43H66N2O7/c1-26(2)33-28(46)24-43(35(48)36(49)44-20-23-45-21-10-11-22-45)19-18-41(8)27(34(33)43)12-13-30-40(7)16-15-31(52-32(47)25-38(3,4)37(50)51)39(5,6)29(40)14-17-42(30,41)9/h26-27,29-31H,10-25H2,1-9H3,(H,44,49)(H,50,51)/t27-,29+,30-,31+,40+,41-,42-,43-/m1/s1. The molecule has 5 fully saturated rings. The smallest absolute Gasteiger partial charge is 0.309 e. The zero-order valence-electron chi connectivity index (χ0n) is 33.5. The highest BCUT2D eigenvalue weighted by molar-refractivity contribution is 6.40. The van der Waals surface area contributed by atoms with E-state index in [1.165, 1.54) is 12.8 Å². The third kappa shape index (κ3) is 5.92. The molecule has 290 valence electrons. The van der Waals surface area contributed by atoms with Gasteiger partial charge in [0.2, 0.25) is 5.78 Å². The maximum atomic E-state index is 14.4. The summed E-state index contributed by atoms with van der Waals surface area (Å²) in [4.78, 5) is 69.2. The Morgan fingerprint density at radius 2 is 1.58 bits per heavy atom. The van der Waals surface area contributed by atoms with E-state index in [0.717, 1.165) is 75.7 Å². The first kappa shape index (κ1) is 39.2. The Hall–Kier alpha value is -2.55. The molecular weight excluding hydrogens is 656 g/mol. The zero-order chi connectivity index (χ0) is 38.2. The van der Waals surface area contributed by atoms with Gasteiger partial charge in [-0.1, -0.05) is 48.5 Å². The highest BCUT2D eigenvalue weighted by Crippen LogP contribution is 2.76. The largest absolute Gasteiger partial charge is 0.481 e. The van der Waals surface area contributed by atoms with Crippen molar-refractivity contribution in [3.05, 3.63) is 11.1 Å². The lowest BCUT2D eigenvalue weighted by molar-refractivity contribution is -0.233. The summed E-state index contributed by atoms with van der Waals surface area (Å²) in [5.74, 6) is -1.54. The normalized spacial score (nSPS) is 38.6. The Balaban J connectivity index is 1.26. The second-order valence-corrected chi connectivity index (χ2v) is 20.1. The monoisotopic (exact) mass is 722 g/mol. The molecule has 1 heterocycles. The molecule has 9 heteroatoms. The van der Waals surface area contributed by atoms with Crippen LogP contribution in [0.4, 0.5) is 0 Å². The molecule has 8 atom stereocenters. The van der Waals surface area contributed by atoms with Crippen molar-refractivity contribution in [3.8, 4) is 0 Å². The van der Waals surface area contributed by atoms with Gasteiger partial charge in [-0.2, -0.15) is 0 Å². The van der Waals surface area contributed by atoms with Gasteiger partial charge in [-0.25, -0.2) is 0 Å². The molecule has 0 aromatic carbocycles. The number of carboxylic acids is 1. The number of likely N-dealkylation sites (tertiary alicyclic amines) is 1. The van der Waals surface area contributed by atoms with Crippen molar-refractivity contribution >= 4 is 29.4 Å². The summed E-state index contributed by atoms with van der Waals surface area (Å²) in [6.45, 7) is 22.4. The lowest BCUT2D eigenvalue weighted by Crippen LogP contribution is -2.66. The van der Waals surface area contributed by atoms with Crippen LogP contribution in [-0.2, 0) is 28.7 Å². The molecule has 1 aliphatic heterocycles. The molecule has 0 aromatic heterocycles. The van der Waals surface area contributed by atoms with Crippen molar-refractivity contribution in [2.45, 2.75) is 145 Å². The van der Waals surface area contributed by atoms with Crippen LogP contribution in [0.1, 0.15) is 139 Å². The molecule has 0 radical (unpaired) electrons. The fourth-order valence-corrected chi connectivity index (χ4v) is 13.3. The van der Waals surface area contributed by atoms with Crippen LogP contribution in [0.2, 0.25) is 0 Å². The fraction of sp³-hybridized carbons (Fsp3) is 0.837. The van der Waals surface area contributed by atoms with Gasteiger partial charge < -0.3 is 20.1 Å². The van der Waals surface area contributed by atoms with Gasteiger partial charge in [0.25, 0.3) is 5.91 Å². The molecule has 5 aliphatic carbocycles. The number of allylic oxidation sites excluding steroid dienone is 2. The number of amides is 1. The van der Waals surface area contributed by atoms with E-state index in [9.17, 15) is 29.1 Å². The third-order valence-electron chi connectivity index (χ3n) is 16.4. The van der Waals surface area contributed by atoms with Crippen LogP contribution >= 0.6 is 0 Å². The molecule has 6 aliphatic rings. The van der Waals surface area contributed by atoms with Crippen molar-refractivity contribution in [3.63, 3.8) is 0 Å². The number of fused-ring (bicyclic) bond motifs is 7. The van der Waals surface area contributed by atoms with Crippen molar-refractivity contribution in [2.24, 2.45) is 56.2 Å². The van der Waals surface area contributed by atoms with Gasteiger partial charge in [0.15, 0.2) is 5.78 Å². The Labute approximate surface area is 311 Å². The van der Waals surface area contributed by atoms with Crippen molar-refractivity contribution in [2.75, 3.05) is 26.2 Å². The van der Waals surface area contributed by atoms with Gasteiger partial charge in [0.1, 0.15) is 6.10 Å². The van der Waals surface area contributed by atoms with Crippen LogP contribution in [0.3, 0.4) is 0 Å². The lowest BCUT2D eigenvalue weighted by atomic mass is 9.33. The average Bonchev–Trinajstić information content (AvgIpc) is 3.68. The minimum Gasteiger partial charge on any atom is -0.481 e. The van der Waals surface area contributed by atoms with E-state index < -0.39 is 34.5 Å². The van der Waals surface area contributed by atoms with Gasteiger partial charge in [-0.05, 0) is 142 Å². The summed E-state index contributed by atoms with van der Waals surface area (Å²) in [6, 6.07) is 0. The number of ketones is 2. The molecule has 0 bridgehead atoms. The van der Waals surface area contributed by atoms with E-state index in [0.29, 0.717) is 24.8 Å². The van der Waals surface area contributed by atoms with Crippen molar-refractivity contribution in [1.82, 2.24) is 10.2 Å². The number of ether oxygens (including phenoxy) is 1. The number of hydrogen-bond donors (Lipinski definition) is 2. The SMILES string of the molecule is CC(C)C1=C2[C@H]3CC[C@@H]4[C@@]5(C)CC[C@H](OC(=O)CC(C)(C)C(=O)O)C(C)(C)[C@@H]5CC[C@@]4(C)[C@]3(C)CC[C@@]2(C(=O)C(=O)NCCN2CCCC2)CC1=O. The van der Waals surface area contributed by atoms with Crippen LogP contribution in [0, 0.1) is 56.2 Å². The van der Waals surface area contributed by atoms with Gasteiger partial charge in [-0.15, -0.1) is 0 Å². The van der Waals surface area contributed by atoms with Crippen LogP contribution in [0.15, 0.2) is 11.1 Å². The van der Waals surface area contributed by atoms with Gasteiger partial charge in [-0.3, -0.25) is 24.0 Å². The summed E-state index contributed by atoms with van der Waals surface area (Å²) < 4.78 is 6.14. The first-order chi connectivity index (χ1) is 24.2. The van der Waals surface area contributed by atoms with Gasteiger partial charge in [0, 0.05) is 24.9 Å². The number of carbonyl (C=O) groups excluding carboxylic acids is 4. The average molecular weight is 723 g/mol. The highest BCUT2D eigenvalue weighted by Gasteiger charge is 2.71. The van der Waals surface area contributed by atoms with E-state index in [1.54, 1.807) is 13.8 Å². The Morgan fingerprint density at radius 3 is 2.21 bits per heavy atom. The Kier molecular flexibility index (Phi) is 10.0. The molecule has 52 heavy (non-hydrogen) atoms. The van der Waals surface area contributed by atoms with Crippen LogP contribution < -0.4 is 5.32 Å². The predicted octanol–water partition coefficient (Wildman–Crippen LogP) is 7.16. The van der Waals surface area contributed by atoms with E-state index in [1.807, 2.05) is 0 Å². The van der Waals surface area contributed by atoms with Gasteiger partial charge in [0.05, 0.1) is 17.3 Å². The minimum atomic E-state index is -1.18. The van der Waals surface area contributed by atoms with Crippen molar-refractivity contribution < 1.29 is 33.8 Å². The lowest BCUT2D eigenvalue weighted by Gasteiger charge is -2.72. The molecule has 4 saturated carbocycles. The first-order valence-corrected chi connectivity index (χ1v) is 20.4. The van der Waals surface area contributed by atoms with Crippen molar-refractivity contribution in [1.29, 1.82) is 0 Å². The summed E-state index contributed by atoms with van der Waals surface area (Å²) in [6.07, 6.45) is 8.95. The number of carbonyl (C=O) groups is 5. The van der Waals surface area contributed by atoms with E-state index in [2.05, 4.69) is 58.7 Å². The van der Waals surface area contributed by atoms with E-state index in [-0.39, 0.29) is 58.2 Å². The van der Waals surface area contributed by atoms with Crippen LogP contribution in [0.25, 0.3) is 0 Å². The molecule has 2 N–H and O–H groups in total. The number of Topliss-reactive ketones (excluding diaryl/α,β-unsaturated/α-hetero) is 2.